The van der Waals surface area contributed by atoms with Crippen LogP contribution in [-0.2, 0) is 30.4 Å². The molecule has 12 N–H and O–H groups in total. The predicted molar refractivity (Wildman–Crippen MR) is 149 cm³/mol. The van der Waals surface area contributed by atoms with E-state index in [1.54, 1.807) is 13.8 Å². The minimum absolute atomic E-state index is 0.00648. The van der Waals surface area contributed by atoms with Crippen LogP contribution in [0.3, 0.4) is 0 Å². The summed E-state index contributed by atoms with van der Waals surface area (Å²) in [6.45, 7) is 3.65. The lowest BCUT2D eigenvalue weighted by Gasteiger charge is -2.28. The van der Waals surface area contributed by atoms with E-state index in [1.165, 1.54) is 24.3 Å². The Morgan fingerprint density at radius 3 is 2.05 bits per heavy atom. The van der Waals surface area contributed by atoms with Crippen LogP contribution in [0.1, 0.15) is 51.5 Å². The molecule has 0 fully saturated rings. The number of guanidine groups is 1. The summed E-state index contributed by atoms with van der Waals surface area (Å²) in [4.78, 5) is 65.7. The molecule has 0 bridgehead atoms. The van der Waals surface area contributed by atoms with Crippen LogP contribution in [0.5, 0.6) is 5.75 Å². The molecule has 0 saturated heterocycles. The number of amides is 3. The van der Waals surface area contributed by atoms with Gasteiger partial charge in [-0.25, -0.2) is 4.79 Å². The van der Waals surface area contributed by atoms with Gasteiger partial charge in [0, 0.05) is 19.4 Å². The third kappa shape index (κ3) is 13.0. The van der Waals surface area contributed by atoms with Crippen molar-refractivity contribution in [2.24, 2.45) is 28.1 Å². The lowest BCUT2D eigenvalue weighted by molar-refractivity contribution is -0.142. The van der Waals surface area contributed by atoms with Gasteiger partial charge in [-0.05, 0) is 42.9 Å². The molecular formula is C26H41N7O8. The number of phenolic OH excluding ortho intramolecular Hbond substituents is 1. The fourth-order valence-electron chi connectivity index (χ4n) is 3.75. The first kappa shape index (κ1) is 34.6. The zero-order chi connectivity index (χ0) is 31.1. The Bertz CT molecular complexity index is 1080. The number of benzene rings is 1. The Morgan fingerprint density at radius 2 is 1.51 bits per heavy atom. The van der Waals surface area contributed by atoms with Crippen molar-refractivity contribution in [3.63, 3.8) is 0 Å². The number of nitrogens with two attached hydrogens (primary N) is 3. The molecule has 1 aromatic rings. The van der Waals surface area contributed by atoms with Crippen molar-refractivity contribution in [2.45, 2.75) is 76.5 Å². The van der Waals surface area contributed by atoms with Crippen molar-refractivity contribution in [1.29, 1.82) is 0 Å². The Kier molecular flexibility index (Phi) is 14.6. The number of aromatic hydroxyl groups is 1. The number of carbonyl (C=O) groups is 5. The number of nitrogens with zero attached hydrogens (tertiary/aromatic N) is 1. The van der Waals surface area contributed by atoms with Crippen molar-refractivity contribution >= 4 is 35.6 Å². The van der Waals surface area contributed by atoms with Crippen molar-refractivity contribution in [1.82, 2.24) is 16.0 Å². The Balaban J connectivity index is 3.07. The highest BCUT2D eigenvalue weighted by atomic mass is 16.4. The third-order valence-electron chi connectivity index (χ3n) is 6.37. The molecule has 15 heteroatoms. The number of hydrogen-bond acceptors (Lipinski definition) is 8. The number of carbonyl (C=O) groups excluding carboxylic acids is 3. The average molecular weight is 580 g/mol. The van der Waals surface area contributed by atoms with E-state index in [0.29, 0.717) is 12.0 Å². The molecule has 1 rings (SSSR count). The lowest BCUT2D eigenvalue weighted by Crippen LogP contribution is -2.58. The molecule has 3 amide bonds. The summed E-state index contributed by atoms with van der Waals surface area (Å²) in [5.41, 5.74) is 17.0. The van der Waals surface area contributed by atoms with Crippen LogP contribution in [-0.4, -0.2) is 81.7 Å². The lowest BCUT2D eigenvalue weighted by atomic mass is 9.96. The molecular weight excluding hydrogens is 538 g/mol. The number of carboxylic acid groups (broad SMARTS) is 2. The summed E-state index contributed by atoms with van der Waals surface area (Å²) in [6, 6.07) is 1.03. The van der Waals surface area contributed by atoms with Gasteiger partial charge in [0.2, 0.25) is 17.7 Å². The molecule has 1 aromatic carbocycles. The van der Waals surface area contributed by atoms with Crippen molar-refractivity contribution < 1.29 is 39.3 Å². The molecule has 0 aromatic heterocycles. The molecule has 5 atom stereocenters. The first-order chi connectivity index (χ1) is 19.2. The smallest absolute Gasteiger partial charge is 0.326 e. The maximum absolute atomic E-state index is 13.3. The van der Waals surface area contributed by atoms with Gasteiger partial charge in [0.1, 0.15) is 23.9 Å². The minimum Gasteiger partial charge on any atom is -0.508 e. The number of rotatable bonds is 18. The van der Waals surface area contributed by atoms with Gasteiger partial charge >= 0.3 is 11.9 Å². The van der Waals surface area contributed by atoms with Gasteiger partial charge in [0.15, 0.2) is 5.96 Å². The number of aliphatic imine (C=N–C) groups is 1. The summed E-state index contributed by atoms with van der Waals surface area (Å²) >= 11 is 0. The zero-order valence-corrected chi connectivity index (χ0v) is 23.2. The minimum atomic E-state index is -1.32. The Morgan fingerprint density at radius 1 is 0.902 bits per heavy atom. The second kappa shape index (κ2) is 17.3. The molecule has 15 nitrogen and oxygen atoms in total. The standard InChI is InChI=1S/C26H41N7O8/c1-3-14(2)21(24(39)32-19(25(40)41)13-15-6-8-16(34)9-7-15)33-23(38)18(5-4-12-30-26(28)29)31-22(37)17(27)10-11-20(35)36/h6-9,14,17-19,21,34H,3-5,10-13,27H2,1-2H3,(H,31,37)(H,32,39)(H,33,38)(H,35,36)(H,40,41)(H4,28,29,30). The normalized spacial score (nSPS) is 14.4. The molecule has 0 saturated carbocycles. The second-order valence-corrected chi connectivity index (χ2v) is 9.69. The number of hydrogen-bond donors (Lipinski definition) is 9. The van der Waals surface area contributed by atoms with Crippen molar-refractivity contribution in [2.75, 3.05) is 6.54 Å². The van der Waals surface area contributed by atoms with Crippen LogP contribution < -0.4 is 33.2 Å². The van der Waals surface area contributed by atoms with E-state index >= 15 is 0 Å². The molecule has 0 heterocycles. The van der Waals surface area contributed by atoms with E-state index in [1.807, 2.05) is 0 Å². The summed E-state index contributed by atoms with van der Waals surface area (Å²) in [5, 5.41) is 35.6. The van der Waals surface area contributed by atoms with Gasteiger partial charge in [-0.2, -0.15) is 0 Å². The molecule has 0 spiro atoms. The van der Waals surface area contributed by atoms with Crippen LogP contribution in [0.2, 0.25) is 0 Å². The monoisotopic (exact) mass is 579 g/mol. The van der Waals surface area contributed by atoms with Gasteiger partial charge in [-0.15, -0.1) is 0 Å². The van der Waals surface area contributed by atoms with Gasteiger partial charge in [0.05, 0.1) is 6.04 Å². The van der Waals surface area contributed by atoms with E-state index < -0.39 is 59.7 Å². The summed E-state index contributed by atoms with van der Waals surface area (Å²) in [5.74, 6) is -5.20. The van der Waals surface area contributed by atoms with Crippen LogP contribution in [0.4, 0.5) is 0 Å². The van der Waals surface area contributed by atoms with Gasteiger partial charge in [-0.3, -0.25) is 24.2 Å². The number of phenols is 1. The number of carboxylic acids is 2. The number of nitrogens with one attached hydrogen (secondary N) is 3. The fourth-order valence-corrected chi connectivity index (χ4v) is 3.75. The first-order valence-corrected chi connectivity index (χ1v) is 13.2. The Hall–Kier alpha value is -4.40. The maximum Gasteiger partial charge on any atom is 0.326 e. The third-order valence-corrected chi connectivity index (χ3v) is 6.37. The average Bonchev–Trinajstić information content (AvgIpc) is 2.91. The molecule has 0 aliphatic heterocycles. The maximum atomic E-state index is 13.3. The fraction of sp³-hybridized carbons (Fsp3) is 0.538. The van der Waals surface area contributed by atoms with E-state index in [0.717, 1.165) is 0 Å². The topological polar surface area (TPSA) is 273 Å². The summed E-state index contributed by atoms with van der Waals surface area (Å²) < 4.78 is 0. The van der Waals surface area contributed by atoms with Crippen LogP contribution in [0.15, 0.2) is 29.3 Å². The molecule has 0 radical (unpaired) electrons. The molecule has 0 aliphatic carbocycles. The Labute approximate surface area is 237 Å². The molecule has 41 heavy (non-hydrogen) atoms. The zero-order valence-electron chi connectivity index (χ0n) is 23.2. The SMILES string of the molecule is CCC(C)C(NC(=O)C(CCCN=C(N)N)NC(=O)C(N)CCC(=O)O)C(=O)NC(Cc1ccc(O)cc1)C(=O)O. The van der Waals surface area contributed by atoms with E-state index in [4.69, 9.17) is 22.3 Å². The van der Waals surface area contributed by atoms with E-state index in [9.17, 15) is 34.2 Å². The van der Waals surface area contributed by atoms with Gasteiger partial charge in [0.25, 0.3) is 0 Å². The van der Waals surface area contributed by atoms with Crippen LogP contribution >= 0.6 is 0 Å². The highest BCUT2D eigenvalue weighted by Crippen LogP contribution is 2.13. The van der Waals surface area contributed by atoms with Gasteiger partial charge < -0.3 is 48.5 Å². The van der Waals surface area contributed by atoms with E-state index in [-0.39, 0.29) is 50.4 Å². The first-order valence-electron chi connectivity index (χ1n) is 13.2. The number of aliphatic carboxylic acids is 2. The summed E-state index contributed by atoms with van der Waals surface area (Å²) in [7, 11) is 0. The summed E-state index contributed by atoms with van der Waals surface area (Å²) in [6.07, 6.45) is 0.220. The van der Waals surface area contributed by atoms with Crippen molar-refractivity contribution in [3.8, 4) is 5.75 Å². The largest absolute Gasteiger partial charge is 0.508 e. The molecule has 228 valence electrons. The quantitative estimate of drug-likeness (QED) is 0.0564. The second-order valence-electron chi connectivity index (χ2n) is 9.69. The predicted octanol–water partition coefficient (Wildman–Crippen LogP) is -1.23. The molecule has 5 unspecified atom stereocenters. The molecule has 0 aliphatic rings. The highest BCUT2D eigenvalue weighted by Gasteiger charge is 2.32. The van der Waals surface area contributed by atoms with E-state index in [2.05, 4.69) is 20.9 Å². The van der Waals surface area contributed by atoms with Gasteiger partial charge in [-0.1, -0.05) is 32.4 Å². The van der Waals surface area contributed by atoms with Crippen LogP contribution in [0, 0.1) is 5.92 Å². The van der Waals surface area contributed by atoms with Crippen molar-refractivity contribution in [3.05, 3.63) is 29.8 Å². The van der Waals surface area contributed by atoms with Crippen LogP contribution in [0.25, 0.3) is 0 Å². The highest BCUT2D eigenvalue weighted by molar-refractivity contribution is 5.94.